The fraction of sp³-hybridized carbons (Fsp3) is 0.222. The first kappa shape index (κ1) is 9.68. The van der Waals surface area contributed by atoms with Crippen LogP contribution in [0.1, 0.15) is 12.5 Å². The van der Waals surface area contributed by atoms with Crippen LogP contribution in [0.4, 0.5) is 5.69 Å². The molecule has 0 fully saturated rings. The maximum atomic E-state index is 4.94. The average molecular weight is 244 g/mol. The van der Waals surface area contributed by atoms with E-state index in [0.717, 1.165) is 15.1 Å². The molecule has 1 aromatic rings. The zero-order valence-electron chi connectivity index (χ0n) is 7.02. The van der Waals surface area contributed by atoms with Crippen LogP contribution in [0.3, 0.4) is 0 Å². The van der Waals surface area contributed by atoms with Crippen LogP contribution in [0, 0.1) is 6.92 Å². The molecule has 0 atom stereocenters. The van der Waals surface area contributed by atoms with Crippen LogP contribution in [-0.4, -0.2) is 4.99 Å². The Morgan fingerprint density at radius 2 is 2.17 bits per heavy atom. The second-order valence-electron chi connectivity index (χ2n) is 2.66. The third-order valence-corrected chi connectivity index (χ3v) is 2.19. The maximum absolute atomic E-state index is 4.94. The first-order valence-electron chi connectivity index (χ1n) is 3.63. The van der Waals surface area contributed by atoms with Crippen molar-refractivity contribution in [2.24, 2.45) is 0 Å². The molecule has 0 saturated carbocycles. The van der Waals surface area contributed by atoms with Gasteiger partial charge in [-0.15, -0.1) is 0 Å². The SMILES string of the molecule is CC(=S)Nc1ccc(C)cc1Br. The quantitative estimate of drug-likeness (QED) is 0.758. The number of nitrogens with one attached hydrogen (secondary N) is 1. The summed E-state index contributed by atoms with van der Waals surface area (Å²) in [5, 5.41) is 3.08. The van der Waals surface area contributed by atoms with Gasteiger partial charge in [-0.05, 0) is 47.5 Å². The van der Waals surface area contributed by atoms with Crippen LogP contribution >= 0.6 is 28.1 Å². The van der Waals surface area contributed by atoms with Gasteiger partial charge in [0.15, 0.2) is 0 Å². The van der Waals surface area contributed by atoms with E-state index in [9.17, 15) is 0 Å². The topological polar surface area (TPSA) is 12.0 Å². The molecule has 3 heteroatoms. The highest BCUT2D eigenvalue weighted by atomic mass is 79.9. The predicted molar refractivity (Wildman–Crippen MR) is 60.8 cm³/mol. The summed E-state index contributed by atoms with van der Waals surface area (Å²) in [4.78, 5) is 0.777. The number of rotatable bonds is 1. The summed E-state index contributed by atoms with van der Waals surface area (Å²) >= 11 is 8.39. The van der Waals surface area contributed by atoms with Crippen LogP contribution in [0.5, 0.6) is 0 Å². The summed E-state index contributed by atoms with van der Waals surface area (Å²) in [6.45, 7) is 3.92. The van der Waals surface area contributed by atoms with Gasteiger partial charge in [-0.2, -0.15) is 0 Å². The number of thiocarbonyl (C=S) groups is 1. The van der Waals surface area contributed by atoms with Gasteiger partial charge in [0, 0.05) is 4.47 Å². The normalized spacial score (nSPS) is 9.58. The van der Waals surface area contributed by atoms with Crippen molar-refractivity contribution < 1.29 is 0 Å². The molecule has 0 saturated heterocycles. The first-order valence-corrected chi connectivity index (χ1v) is 4.83. The lowest BCUT2D eigenvalue weighted by molar-refractivity contribution is 1.44. The fourth-order valence-electron chi connectivity index (χ4n) is 0.911. The van der Waals surface area contributed by atoms with Gasteiger partial charge in [-0.3, -0.25) is 0 Å². The van der Waals surface area contributed by atoms with Gasteiger partial charge in [0.05, 0.1) is 10.7 Å². The van der Waals surface area contributed by atoms with Crippen LogP contribution in [0.25, 0.3) is 0 Å². The molecular formula is C9H10BrNS. The Balaban J connectivity index is 2.93. The minimum Gasteiger partial charge on any atom is -0.349 e. The third-order valence-electron chi connectivity index (χ3n) is 1.44. The molecule has 0 spiro atoms. The molecule has 0 heterocycles. The molecule has 64 valence electrons. The number of benzene rings is 1. The Kier molecular flexibility index (Phi) is 3.23. The van der Waals surface area contributed by atoms with Crippen molar-refractivity contribution in [3.8, 4) is 0 Å². The Hall–Kier alpha value is -0.410. The predicted octanol–water partition coefficient (Wildman–Crippen LogP) is 3.52. The monoisotopic (exact) mass is 243 g/mol. The highest BCUT2D eigenvalue weighted by molar-refractivity contribution is 9.10. The van der Waals surface area contributed by atoms with Gasteiger partial charge in [-0.25, -0.2) is 0 Å². The van der Waals surface area contributed by atoms with E-state index >= 15 is 0 Å². The van der Waals surface area contributed by atoms with E-state index in [2.05, 4.69) is 34.2 Å². The zero-order valence-corrected chi connectivity index (χ0v) is 9.42. The molecule has 12 heavy (non-hydrogen) atoms. The molecule has 0 aliphatic rings. The standard InChI is InChI=1S/C9H10BrNS/c1-6-3-4-9(8(10)5-6)11-7(2)12/h3-5H,1-2H3,(H,11,12). The molecule has 0 amide bonds. The van der Waals surface area contributed by atoms with E-state index in [0.29, 0.717) is 0 Å². The highest BCUT2D eigenvalue weighted by Gasteiger charge is 1.98. The van der Waals surface area contributed by atoms with Crippen LogP contribution in [0.15, 0.2) is 22.7 Å². The Labute approximate surface area is 86.3 Å². The second-order valence-corrected chi connectivity index (χ2v) is 4.13. The van der Waals surface area contributed by atoms with Crippen LogP contribution in [-0.2, 0) is 0 Å². The van der Waals surface area contributed by atoms with Gasteiger partial charge < -0.3 is 5.32 Å². The molecule has 0 aliphatic carbocycles. The molecule has 1 rings (SSSR count). The summed E-state index contributed by atoms with van der Waals surface area (Å²) in [7, 11) is 0. The molecule has 1 nitrogen and oxygen atoms in total. The van der Waals surface area contributed by atoms with E-state index in [-0.39, 0.29) is 0 Å². The minimum absolute atomic E-state index is 0.777. The van der Waals surface area contributed by atoms with Crippen molar-refractivity contribution in [3.05, 3.63) is 28.2 Å². The van der Waals surface area contributed by atoms with Gasteiger partial charge in [0.2, 0.25) is 0 Å². The number of halogens is 1. The summed E-state index contributed by atoms with van der Waals surface area (Å²) in [6.07, 6.45) is 0. The maximum Gasteiger partial charge on any atom is 0.0766 e. The minimum atomic E-state index is 0.777. The lowest BCUT2D eigenvalue weighted by atomic mass is 10.2. The highest BCUT2D eigenvalue weighted by Crippen LogP contribution is 2.23. The number of anilines is 1. The van der Waals surface area contributed by atoms with E-state index in [1.165, 1.54) is 5.56 Å². The van der Waals surface area contributed by atoms with E-state index < -0.39 is 0 Å². The third kappa shape index (κ3) is 2.57. The molecule has 0 aromatic heterocycles. The van der Waals surface area contributed by atoms with Gasteiger partial charge in [-0.1, -0.05) is 18.3 Å². The van der Waals surface area contributed by atoms with Crippen molar-refractivity contribution in [1.29, 1.82) is 0 Å². The number of aryl methyl sites for hydroxylation is 1. The second kappa shape index (κ2) is 4.01. The van der Waals surface area contributed by atoms with Crippen molar-refractivity contribution in [1.82, 2.24) is 0 Å². The Morgan fingerprint density at radius 1 is 1.50 bits per heavy atom. The largest absolute Gasteiger partial charge is 0.349 e. The number of hydrogen-bond donors (Lipinski definition) is 1. The summed E-state index contributed by atoms with van der Waals surface area (Å²) < 4.78 is 1.05. The first-order chi connectivity index (χ1) is 5.59. The molecule has 0 unspecified atom stereocenters. The number of hydrogen-bond acceptors (Lipinski definition) is 1. The van der Waals surface area contributed by atoms with Crippen LogP contribution in [0.2, 0.25) is 0 Å². The fourth-order valence-corrected chi connectivity index (χ4v) is 1.61. The van der Waals surface area contributed by atoms with E-state index in [1.807, 2.05) is 19.1 Å². The zero-order chi connectivity index (χ0) is 9.14. The van der Waals surface area contributed by atoms with Crippen molar-refractivity contribution in [2.45, 2.75) is 13.8 Å². The molecule has 1 N–H and O–H groups in total. The molecule has 1 aromatic carbocycles. The summed E-state index contributed by atoms with van der Waals surface area (Å²) in [6, 6.07) is 6.11. The summed E-state index contributed by atoms with van der Waals surface area (Å²) in [5.74, 6) is 0. The van der Waals surface area contributed by atoms with E-state index in [4.69, 9.17) is 12.2 Å². The molecular weight excluding hydrogens is 234 g/mol. The van der Waals surface area contributed by atoms with Gasteiger partial charge in [0.1, 0.15) is 0 Å². The average Bonchev–Trinajstić information content (AvgIpc) is 1.94. The van der Waals surface area contributed by atoms with Gasteiger partial charge in [0.25, 0.3) is 0 Å². The van der Waals surface area contributed by atoms with Gasteiger partial charge >= 0.3 is 0 Å². The lowest BCUT2D eigenvalue weighted by Gasteiger charge is -2.06. The van der Waals surface area contributed by atoms with E-state index in [1.54, 1.807) is 0 Å². The lowest BCUT2D eigenvalue weighted by Crippen LogP contribution is -2.03. The summed E-state index contributed by atoms with van der Waals surface area (Å²) in [5.41, 5.74) is 2.25. The molecule has 0 aliphatic heterocycles. The van der Waals surface area contributed by atoms with Crippen LogP contribution < -0.4 is 5.32 Å². The van der Waals surface area contributed by atoms with Crippen molar-refractivity contribution in [3.63, 3.8) is 0 Å². The Morgan fingerprint density at radius 3 is 2.67 bits per heavy atom. The van der Waals surface area contributed by atoms with Crippen molar-refractivity contribution in [2.75, 3.05) is 5.32 Å². The molecule has 0 bridgehead atoms. The van der Waals surface area contributed by atoms with Crippen molar-refractivity contribution >= 4 is 38.8 Å². The smallest absolute Gasteiger partial charge is 0.0766 e. The molecule has 0 radical (unpaired) electrons. The Bertz CT molecular complexity index is 309.